The second kappa shape index (κ2) is 8.57. The number of esters is 1. The highest BCUT2D eigenvalue weighted by atomic mass is 19.4. The van der Waals surface area contributed by atoms with Crippen LogP contribution in [0.1, 0.15) is 32.6 Å². The van der Waals surface area contributed by atoms with Gasteiger partial charge in [-0.1, -0.05) is 0 Å². The van der Waals surface area contributed by atoms with E-state index in [0.717, 1.165) is 0 Å². The van der Waals surface area contributed by atoms with Crippen LogP contribution in [0.3, 0.4) is 0 Å². The van der Waals surface area contributed by atoms with E-state index in [-0.39, 0.29) is 6.42 Å². The zero-order valence-electron chi connectivity index (χ0n) is 15.8. The molecule has 188 valence electrons. The second-order valence-electron chi connectivity index (χ2n) is 7.24. The summed E-state index contributed by atoms with van der Waals surface area (Å²) < 4.78 is 158. The van der Waals surface area contributed by atoms with Crippen LogP contribution in [-0.4, -0.2) is 58.2 Å². The highest BCUT2D eigenvalue weighted by Gasteiger charge is 2.74. The topological polar surface area (TPSA) is 66.8 Å². The van der Waals surface area contributed by atoms with Crippen molar-refractivity contribution in [1.82, 2.24) is 0 Å². The quantitative estimate of drug-likeness (QED) is 0.333. The van der Waals surface area contributed by atoms with Crippen molar-refractivity contribution in [3.63, 3.8) is 0 Å². The number of aliphatic hydroxyl groups is 2. The smallest absolute Gasteiger partial charge is 0.430 e. The van der Waals surface area contributed by atoms with Gasteiger partial charge in [0.05, 0.1) is 0 Å². The minimum absolute atomic E-state index is 0.368. The molecule has 4 nitrogen and oxygen atoms in total. The highest BCUT2D eigenvalue weighted by Crippen LogP contribution is 2.52. The van der Waals surface area contributed by atoms with E-state index >= 15 is 0 Å². The summed E-state index contributed by atoms with van der Waals surface area (Å²) in [5, 5.41) is 18.4. The maximum Gasteiger partial charge on any atom is 0.430 e. The van der Waals surface area contributed by atoms with Gasteiger partial charge < -0.3 is 14.9 Å². The Hall–Kier alpha value is -1.71. The largest absolute Gasteiger partial charge is 0.459 e. The molecule has 2 N–H and O–H groups in total. The van der Waals surface area contributed by atoms with Crippen molar-refractivity contribution in [3.8, 4) is 0 Å². The van der Waals surface area contributed by atoms with Gasteiger partial charge >= 0.3 is 30.7 Å². The SMILES string of the molecule is CC(=CC(O)(C(F)(F)F)C(F)(F)F)C(=O)OC1CCCC(C(O)(C(F)(F)F)C(F)(F)F)C1. The third kappa shape index (κ3) is 5.26. The molecule has 32 heavy (non-hydrogen) atoms. The van der Waals surface area contributed by atoms with Crippen LogP contribution < -0.4 is 0 Å². The third-order valence-corrected chi connectivity index (χ3v) is 4.97. The van der Waals surface area contributed by atoms with Gasteiger partial charge in [0.2, 0.25) is 0 Å². The van der Waals surface area contributed by atoms with Crippen molar-refractivity contribution in [2.75, 3.05) is 0 Å². The van der Waals surface area contributed by atoms with Crippen molar-refractivity contribution in [2.45, 2.75) is 74.6 Å². The lowest BCUT2D eigenvalue weighted by molar-refractivity contribution is -0.388. The first kappa shape index (κ1) is 28.3. The standard InChI is InChI=1S/C16H16F12O4/c1-7(6-11(30,13(17,18)19)14(20,21)22)10(29)32-9-4-2-3-8(5-9)12(31,15(23,24)25)16(26,27)28/h6,8-9,30-31H,2-5H2,1H3. The van der Waals surface area contributed by atoms with Crippen molar-refractivity contribution < 1.29 is 72.4 Å². The molecule has 1 saturated carbocycles. The summed E-state index contributed by atoms with van der Waals surface area (Å²) in [7, 11) is 0. The van der Waals surface area contributed by atoms with Gasteiger partial charge in [-0.25, -0.2) is 4.79 Å². The van der Waals surface area contributed by atoms with Gasteiger partial charge in [0.15, 0.2) is 0 Å². The maximum absolute atomic E-state index is 13.0. The molecule has 0 aliphatic heterocycles. The van der Waals surface area contributed by atoms with Gasteiger partial charge in [-0.05, 0) is 38.7 Å². The summed E-state index contributed by atoms with van der Waals surface area (Å²) in [6.45, 7) is 0.368. The van der Waals surface area contributed by atoms with E-state index in [1.54, 1.807) is 0 Å². The van der Waals surface area contributed by atoms with Crippen LogP contribution in [0.5, 0.6) is 0 Å². The van der Waals surface area contributed by atoms with E-state index in [2.05, 4.69) is 4.74 Å². The van der Waals surface area contributed by atoms with Gasteiger partial charge in [0.1, 0.15) is 6.10 Å². The molecule has 0 spiro atoms. The number of carbonyl (C=O) groups excluding carboxylic acids is 1. The lowest BCUT2D eigenvalue weighted by Gasteiger charge is -2.42. The molecular weight excluding hydrogens is 484 g/mol. The lowest BCUT2D eigenvalue weighted by Crippen LogP contribution is -2.62. The van der Waals surface area contributed by atoms with Gasteiger partial charge in [0, 0.05) is 11.5 Å². The summed E-state index contributed by atoms with van der Waals surface area (Å²) >= 11 is 0. The van der Waals surface area contributed by atoms with E-state index in [1.165, 1.54) is 0 Å². The number of rotatable bonds is 4. The van der Waals surface area contributed by atoms with Gasteiger partial charge in [-0.3, -0.25) is 0 Å². The maximum atomic E-state index is 13.0. The Kier molecular flexibility index (Phi) is 7.59. The Balaban J connectivity index is 3.13. The van der Waals surface area contributed by atoms with E-state index in [9.17, 15) is 62.6 Å². The average Bonchev–Trinajstić information content (AvgIpc) is 2.57. The Morgan fingerprint density at radius 1 is 0.812 bits per heavy atom. The molecule has 1 aliphatic carbocycles. The third-order valence-electron chi connectivity index (χ3n) is 4.97. The molecule has 1 aliphatic rings. The molecule has 2 unspecified atom stereocenters. The Bertz CT molecular complexity index is 688. The molecule has 0 radical (unpaired) electrons. The molecule has 0 heterocycles. The number of halogens is 12. The molecular formula is C16H16F12O4. The molecule has 0 aromatic rings. The summed E-state index contributed by atoms with van der Waals surface area (Å²) in [5.74, 6) is -4.49. The fraction of sp³-hybridized carbons (Fsp3) is 0.812. The van der Waals surface area contributed by atoms with Gasteiger partial charge in [-0.2, -0.15) is 52.7 Å². The van der Waals surface area contributed by atoms with E-state index < -0.39 is 84.8 Å². The molecule has 0 aromatic heterocycles. The minimum atomic E-state index is -6.32. The van der Waals surface area contributed by atoms with E-state index in [4.69, 9.17) is 5.11 Å². The average molecular weight is 500 g/mol. The van der Waals surface area contributed by atoms with Crippen LogP contribution in [-0.2, 0) is 9.53 Å². The summed E-state index contributed by atoms with van der Waals surface area (Å²) in [5.41, 5.74) is -12.1. The Morgan fingerprint density at radius 2 is 1.25 bits per heavy atom. The van der Waals surface area contributed by atoms with Crippen molar-refractivity contribution >= 4 is 5.97 Å². The molecule has 0 saturated heterocycles. The number of carbonyl (C=O) groups is 1. The number of ether oxygens (including phenoxy) is 1. The first-order chi connectivity index (χ1) is 14.0. The molecule has 1 fully saturated rings. The molecule has 0 aromatic carbocycles. The number of alkyl halides is 12. The molecule has 1 rings (SSSR count). The molecule has 0 bridgehead atoms. The number of hydrogen-bond donors (Lipinski definition) is 2. The van der Waals surface area contributed by atoms with Gasteiger partial charge in [0.25, 0.3) is 11.2 Å². The van der Waals surface area contributed by atoms with Crippen LogP contribution in [0.2, 0.25) is 0 Å². The second-order valence-corrected chi connectivity index (χ2v) is 7.24. The first-order valence-corrected chi connectivity index (χ1v) is 8.61. The Labute approximate surface area is 171 Å². The van der Waals surface area contributed by atoms with E-state index in [1.807, 2.05) is 0 Å². The summed E-state index contributed by atoms with van der Waals surface area (Å²) in [6, 6.07) is 0. The van der Waals surface area contributed by atoms with Gasteiger partial charge in [-0.15, -0.1) is 0 Å². The van der Waals surface area contributed by atoms with Crippen LogP contribution in [0.15, 0.2) is 11.6 Å². The van der Waals surface area contributed by atoms with Crippen LogP contribution in [0.25, 0.3) is 0 Å². The fourth-order valence-corrected chi connectivity index (χ4v) is 3.20. The summed E-state index contributed by atoms with van der Waals surface area (Å²) in [4.78, 5) is 11.8. The monoisotopic (exact) mass is 500 g/mol. The fourth-order valence-electron chi connectivity index (χ4n) is 3.20. The normalized spacial score (nSPS) is 22.7. The summed E-state index contributed by atoms with van der Waals surface area (Å²) in [6.07, 6.45) is -30.5. The predicted octanol–water partition coefficient (Wildman–Crippen LogP) is 4.75. The molecule has 16 heteroatoms. The highest BCUT2D eigenvalue weighted by molar-refractivity contribution is 5.88. The van der Waals surface area contributed by atoms with Crippen molar-refractivity contribution in [1.29, 1.82) is 0 Å². The zero-order chi connectivity index (χ0) is 25.6. The van der Waals surface area contributed by atoms with Crippen LogP contribution in [0.4, 0.5) is 52.7 Å². The first-order valence-electron chi connectivity index (χ1n) is 8.61. The predicted molar refractivity (Wildman–Crippen MR) is 79.7 cm³/mol. The molecule has 0 amide bonds. The lowest BCUT2D eigenvalue weighted by atomic mass is 9.75. The van der Waals surface area contributed by atoms with Crippen molar-refractivity contribution in [3.05, 3.63) is 11.6 Å². The van der Waals surface area contributed by atoms with E-state index in [0.29, 0.717) is 6.92 Å². The van der Waals surface area contributed by atoms with Crippen molar-refractivity contribution in [2.24, 2.45) is 5.92 Å². The minimum Gasteiger partial charge on any atom is -0.459 e. The number of hydrogen-bond acceptors (Lipinski definition) is 4. The Morgan fingerprint density at radius 3 is 1.62 bits per heavy atom. The molecule has 2 atom stereocenters. The van der Waals surface area contributed by atoms with Crippen LogP contribution >= 0.6 is 0 Å². The van der Waals surface area contributed by atoms with Crippen LogP contribution in [0, 0.1) is 5.92 Å². The zero-order valence-corrected chi connectivity index (χ0v) is 15.8.